The highest BCUT2D eigenvalue weighted by Gasteiger charge is 2.41. The van der Waals surface area contributed by atoms with E-state index in [1.165, 1.54) is 14.0 Å². The van der Waals surface area contributed by atoms with Crippen LogP contribution in [-0.4, -0.2) is 31.4 Å². The molecule has 7 heteroatoms. The van der Waals surface area contributed by atoms with E-state index in [0.717, 1.165) is 11.3 Å². The number of esters is 2. The zero-order valence-corrected chi connectivity index (χ0v) is 20.3. The van der Waals surface area contributed by atoms with Crippen LogP contribution >= 0.6 is 0 Å². The number of ether oxygens (including phenoxy) is 3. The van der Waals surface area contributed by atoms with Gasteiger partial charge in [0.15, 0.2) is 17.3 Å². The van der Waals surface area contributed by atoms with Crippen LogP contribution in [0.15, 0.2) is 71.1 Å². The Morgan fingerprint density at radius 3 is 2.43 bits per heavy atom. The number of benzene rings is 2. The fraction of sp³-hybridized carbons (Fsp3) is 0.321. The number of ketones is 1. The fourth-order valence-corrected chi connectivity index (χ4v) is 4.92. The molecule has 0 aromatic heterocycles. The van der Waals surface area contributed by atoms with Crippen LogP contribution in [0.2, 0.25) is 0 Å². The summed E-state index contributed by atoms with van der Waals surface area (Å²) in [4.78, 5) is 38.2. The summed E-state index contributed by atoms with van der Waals surface area (Å²) in [5.41, 5.74) is 4.20. The molecule has 1 N–H and O–H groups in total. The first-order chi connectivity index (χ1) is 16.8. The van der Waals surface area contributed by atoms with Crippen LogP contribution in [0.5, 0.6) is 11.5 Å². The first kappa shape index (κ1) is 24.3. The maximum absolute atomic E-state index is 13.6. The van der Waals surface area contributed by atoms with Crippen molar-refractivity contribution in [3.63, 3.8) is 0 Å². The number of rotatable bonds is 6. The Hall–Kier alpha value is -3.87. The van der Waals surface area contributed by atoms with Gasteiger partial charge >= 0.3 is 11.9 Å². The lowest BCUT2D eigenvalue weighted by atomic mass is 9.71. The van der Waals surface area contributed by atoms with Gasteiger partial charge in [0.25, 0.3) is 0 Å². The van der Waals surface area contributed by atoms with Gasteiger partial charge in [0.05, 0.1) is 19.3 Å². The summed E-state index contributed by atoms with van der Waals surface area (Å²) < 4.78 is 16.1. The normalized spacial score (nSPS) is 19.6. The third-order valence-corrected chi connectivity index (χ3v) is 6.37. The van der Waals surface area contributed by atoms with Crippen molar-refractivity contribution >= 4 is 17.7 Å². The lowest BCUT2D eigenvalue weighted by Gasteiger charge is -2.36. The van der Waals surface area contributed by atoms with Crippen LogP contribution in [0.3, 0.4) is 0 Å². The third-order valence-electron chi connectivity index (χ3n) is 6.37. The zero-order chi connectivity index (χ0) is 25.1. The molecular formula is C28H29NO6. The van der Waals surface area contributed by atoms with Crippen LogP contribution in [0.4, 0.5) is 0 Å². The summed E-state index contributed by atoms with van der Waals surface area (Å²) in [5.74, 6) is -0.942. The van der Waals surface area contributed by atoms with Gasteiger partial charge in [0, 0.05) is 36.2 Å². The lowest BCUT2D eigenvalue weighted by Crippen LogP contribution is -2.36. The molecule has 182 valence electrons. The molecule has 2 aromatic rings. The van der Waals surface area contributed by atoms with Crippen molar-refractivity contribution in [1.29, 1.82) is 0 Å². The second-order valence-electron chi connectivity index (χ2n) is 8.65. The summed E-state index contributed by atoms with van der Waals surface area (Å²) in [5, 5.41) is 3.34. The standard InChI is InChI=1S/C28H29NO6/c1-5-34-28(32)25-16(2)29-21-13-20(18-9-7-6-8-10-18)14-22(31)27(21)26(25)19-11-12-23(35-17(3)30)24(15-19)33-4/h6-12,15,20,26,29H,5,13-14H2,1-4H3/t20-,26+/m1/s1. The van der Waals surface area contributed by atoms with E-state index in [-0.39, 0.29) is 24.1 Å². The Balaban J connectivity index is 1.82. The van der Waals surface area contributed by atoms with Crippen molar-refractivity contribution in [2.24, 2.45) is 0 Å². The summed E-state index contributed by atoms with van der Waals surface area (Å²) >= 11 is 0. The van der Waals surface area contributed by atoms with Gasteiger partial charge in [0.1, 0.15) is 0 Å². The number of hydrogen-bond acceptors (Lipinski definition) is 7. The maximum Gasteiger partial charge on any atom is 0.336 e. The van der Waals surface area contributed by atoms with Crippen molar-refractivity contribution in [3.05, 3.63) is 82.2 Å². The highest BCUT2D eigenvalue weighted by atomic mass is 16.6. The molecule has 35 heavy (non-hydrogen) atoms. The van der Waals surface area contributed by atoms with Gasteiger partial charge < -0.3 is 19.5 Å². The van der Waals surface area contributed by atoms with Crippen LogP contribution in [-0.2, 0) is 19.1 Å². The molecule has 4 rings (SSSR count). The Morgan fingerprint density at radius 2 is 1.77 bits per heavy atom. The second kappa shape index (κ2) is 10.2. The molecule has 0 amide bonds. The summed E-state index contributed by atoms with van der Waals surface area (Å²) in [6, 6.07) is 15.1. The molecule has 0 bridgehead atoms. The highest BCUT2D eigenvalue weighted by molar-refractivity contribution is 6.04. The SMILES string of the molecule is CCOC(=O)C1=C(C)NC2=C(C(=O)C[C@H](c3ccccc3)C2)[C@H]1c1ccc(OC(C)=O)c(OC)c1. The van der Waals surface area contributed by atoms with E-state index in [9.17, 15) is 14.4 Å². The zero-order valence-electron chi connectivity index (χ0n) is 20.3. The molecule has 7 nitrogen and oxygen atoms in total. The number of nitrogens with one attached hydrogen (secondary N) is 1. The Kier molecular flexibility index (Phi) is 7.05. The van der Waals surface area contributed by atoms with Gasteiger partial charge in [0.2, 0.25) is 0 Å². The van der Waals surface area contributed by atoms with Gasteiger partial charge in [-0.2, -0.15) is 0 Å². The smallest absolute Gasteiger partial charge is 0.336 e. The molecule has 1 aliphatic carbocycles. The predicted octanol–water partition coefficient (Wildman–Crippen LogP) is 4.55. The number of Topliss-reactive ketones (excluding diaryl/α,β-unsaturated/α-hetero) is 1. The molecule has 1 aliphatic heterocycles. The number of methoxy groups -OCH3 is 1. The minimum Gasteiger partial charge on any atom is -0.493 e. The molecule has 0 unspecified atom stereocenters. The van der Waals surface area contributed by atoms with E-state index in [2.05, 4.69) is 5.32 Å². The fourth-order valence-electron chi connectivity index (χ4n) is 4.92. The second-order valence-corrected chi connectivity index (χ2v) is 8.65. The first-order valence-electron chi connectivity index (χ1n) is 11.7. The largest absolute Gasteiger partial charge is 0.493 e. The average Bonchev–Trinajstić information content (AvgIpc) is 2.83. The van der Waals surface area contributed by atoms with Gasteiger partial charge in [-0.15, -0.1) is 0 Å². The molecule has 2 aromatic carbocycles. The number of dihydropyridines is 1. The number of carbonyl (C=O) groups excluding carboxylic acids is 3. The van der Waals surface area contributed by atoms with E-state index in [4.69, 9.17) is 14.2 Å². The number of allylic oxidation sites excluding steroid dienone is 3. The minimum absolute atomic E-state index is 0.0186. The summed E-state index contributed by atoms with van der Waals surface area (Å²) in [7, 11) is 1.47. The number of hydrogen-bond donors (Lipinski definition) is 1. The van der Waals surface area contributed by atoms with E-state index >= 15 is 0 Å². The highest BCUT2D eigenvalue weighted by Crippen LogP contribution is 2.47. The van der Waals surface area contributed by atoms with Crippen LogP contribution in [0.1, 0.15) is 56.6 Å². The topological polar surface area (TPSA) is 90.9 Å². The van der Waals surface area contributed by atoms with E-state index in [1.54, 1.807) is 25.1 Å². The molecule has 1 heterocycles. The molecule has 0 fully saturated rings. The van der Waals surface area contributed by atoms with E-state index < -0.39 is 17.9 Å². The van der Waals surface area contributed by atoms with Crippen molar-refractivity contribution in [3.8, 4) is 11.5 Å². The minimum atomic E-state index is -0.630. The van der Waals surface area contributed by atoms with Gasteiger partial charge in [-0.25, -0.2) is 4.79 Å². The van der Waals surface area contributed by atoms with Crippen molar-refractivity contribution in [2.75, 3.05) is 13.7 Å². The molecule has 2 atom stereocenters. The number of carbonyl (C=O) groups is 3. The van der Waals surface area contributed by atoms with Crippen LogP contribution in [0.25, 0.3) is 0 Å². The first-order valence-corrected chi connectivity index (χ1v) is 11.7. The third kappa shape index (κ3) is 4.85. The predicted molar refractivity (Wildman–Crippen MR) is 130 cm³/mol. The molecular weight excluding hydrogens is 446 g/mol. The molecule has 0 spiro atoms. The monoisotopic (exact) mass is 475 g/mol. The molecule has 0 radical (unpaired) electrons. The Morgan fingerprint density at radius 1 is 1.03 bits per heavy atom. The average molecular weight is 476 g/mol. The van der Waals surface area contributed by atoms with Gasteiger partial charge in [-0.3, -0.25) is 9.59 Å². The van der Waals surface area contributed by atoms with Gasteiger partial charge in [-0.05, 0) is 49.4 Å². The molecule has 0 saturated carbocycles. The Bertz CT molecular complexity index is 1230. The van der Waals surface area contributed by atoms with Gasteiger partial charge in [-0.1, -0.05) is 36.4 Å². The van der Waals surface area contributed by atoms with E-state index in [1.807, 2.05) is 37.3 Å². The molecule has 2 aliphatic rings. The van der Waals surface area contributed by atoms with E-state index in [0.29, 0.717) is 41.0 Å². The maximum atomic E-state index is 13.6. The molecule has 0 saturated heterocycles. The van der Waals surface area contributed by atoms with Crippen molar-refractivity contribution in [1.82, 2.24) is 5.32 Å². The van der Waals surface area contributed by atoms with Crippen molar-refractivity contribution < 1.29 is 28.6 Å². The van der Waals surface area contributed by atoms with Crippen LogP contribution in [0, 0.1) is 0 Å². The van der Waals surface area contributed by atoms with Crippen molar-refractivity contribution in [2.45, 2.75) is 45.4 Å². The Labute approximate surface area is 204 Å². The lowest BCUT2D eigenvalue weighted by molar-refractivity contribution is -0.139. The van der Waals surface area contributed by atoms with Crippen LogP contribution < -0.4 is 14.8 Å². The summed E-state index contributed by atoms with van der Waals surface area (Å²) in [6.45, 7) is 5.10. The quantitative estimate of drug-likeness (QED) is 0.484. The summed E-state index contributed by atoms with van der Waals surface area (Å²) in [6.07, 6.45) is 0.997.